The highest BCUT2D eigenvalue weighted by atomic mass is 14.8. The lowest BCUT2D eigenvalue weighted by Gasteiger charge is -2.40. The molecule has 0 bridgehead atoms. The summed E-state index contributed by atoms with van der Waals surface area (Å²) in [4.78, 5) is 0. The third-order valence-electron chi connectivity index (χ3n) is 5.33. The molecule has 0 heterocycles. The smallest absolute Gasteiger partial charge is 0.00125 e. The summed E-state index contributed by atoms with van der Waals surface area (Å²) in [5, 5.41) is 0. The standard InChI is InChI=1S/C14H27N/c1-12(2)7-5-6-11(8-12)14(10-15)9-13(14,3)4/h11H,5-10,15H2,1-4H3. The van der Waals surface area contributed by atoms with E-state index in [1.54, 1.807) is 0 Å². The Bertz CT molecular complexity index is 254. The van der Waals surface area contributed by atoms with Crippen LogP contribution in [0.15, 0.2) is 0 Å². The van der Waals surface area contributed by atoms with Crippen molar-refractivity contribution in [1.29, 1.82) is 0 Å². The molecule has 0 amide bonds. The normalized spacial score (nSPS) is 42.6. The molecule has 88 valence electrons. The second-order valence-electron chi connectivity index (χ2n) is 7.38. The first-order chi connectivity index (χ1) is 6.83. The van der Waals surface area contributed by atoms with E-state index < -0.39 is 0 Å². The van der Waals surface area contributed by atoms with Gasteiger partial charge in [-0.2, -0.15) is 0 Å². The summed E-state index contributed by atoms with van der Waals surface area (Å²) in [6, 6.07) is 0. The van der Waals surface area contributed by atoms with Crippen LogP contribution < -0.4 is 5.73 Å². The molecule has 0 spiro atoms. The molecule has 2 saturated carbocycles. The average Bonchev–Trinajstić information content (AvgIpc) is 2.68. The van der Waals surface area contributed by atoms with Crippen LogP contribution in [0.1, 0.15) is 59.8 Å². The third-order valence-corrected chi connectivity index (χ3v) is 5.33. The van der Waals surface area contributed by atoms with Gasteiger partial charge >= 0.3 is 0 Å². The molecule has 2 aliphatic rings. The van der Waals surface area contributed by atoms with E-state index in [1.165, 1.54) is 32.1 Å². The van der Waals surface area contributed by atoms with E-state index in [9.17, 15) is 0 Å². The van der Waals surface area contributed by atoms with Crippen molar-refractivity contribution in [1.82, 2.24) is 0 Å². The predicted molar refractivity (Wildman–Crippen MR) is 65.6 cm³/mol. The Morgan fingerprint density at radius 1 is 1.20 bits per heavy atom. The second-order valence-corrected chi connectivity index (χ2v) is 7.38. The summed E-state index contributed by atoms with van der Waals surface area (Å²) in [5.74, 6) is 0.890. The zero-order chi connectivity index (χ0) is 11.3. The quantitative estimate of drug-likeness (QED) is 0.739. The molecule has 2 aliphatic carbocycles. The van der Waals surface area contributed by atoms with E-state index in [0.717, 1.165) is 12.5 Å². The Morgan fingerprint density at radius 3 is 2.20 bits per heavy atom. The molecule has 15 heavy (non-hydrogen) atoms. The van der Waals surface area contributed by atoms with Crippen molar-refractivity contribution in [2.75, 3.05) is 6.54 Å². The lowest BCUT2D eigenvalue weighted by atomic mass is 9.65. The maximum Gasteiger partial charge on any atom is -0.00125 e. The van der Waals surface area contributed by atoms with Gasteiger partial charge in [-0.3, -0.25) is 0 Å². The third kappa shape index (κ3) is 1.73. The van der Waals surface area contributed by atoms with Crippen LogP contribution in [0.4, 0.5) is 0 Å². The minimum atomic E-state index is 0.491. The van der Waals surface area contributed by atoms with Crippen LogP contribution in [0.3, 0.4) is 0 Å². The number of hydrogen-bond acceptors (Lipinski definition) is 1. The van der Waals surface area contributed by atoms with E-state index in [4.69, 9.17) is 5.73 Å². The lowest BCUT2D eigenvalue weighted by molar-refractivity contribution is 0.106. The van der Waals surface area contributed by atoms with E-state index in [2.05, 4.69) is 27.7 Å². The lowest BCUT2D eigenvalue weighted by Crippen LogP contribution is -2.35. The van der Waals surface area contributed by atoms with Gasteiger partial charge in [0.05, 0.1) is 0 Å². The van der Waals surface area contributed by atoms with Crippen LogP contribution in [-0.4, -0.2) is 6.54 Å². The Morgan fingerprint density at radius 2 is 1.80 bits per heavy atom. The summed E-state index contributed by atoms with van der Waals surface area (Å²) < 4.78 is 0. The number of nitrogens with two attached hydrogens (primary N) is 1. The zero-order valence-corrected chi connectivity index (χ0v) is 10.9. The molecule has 2 N–H and O–H groups in total. The van der Waals surface area contributed by atoms with Gasteiger partial charge in [0.1, 0.15) is 0 Å². The van der Waals surface area contributed by atoms with Crippen molar-refractivity contribution >= 4 is 0 Å². The minimum Gasteiger partial charge on any atom is -0.330 e. The van der Waals surface area contributed by atoms with E-state index >= 15 is 0 Å². The molecule has 1 heteroatoms. The SMILES string of the molecule is CC1(C)CCCC(C2(CN)CC2(C)C)C1. The van der Waals surface area contributed by atoms with Gasteiger partial charge in [0, 0.05) is 0 Å². The van der Waals surface area contributed by atoms with Gasteiger partial charge in [-0.15, -0.1) is 0 Å². The number of hydrogen-bond donors (Lipinski definition) is 1. The van der Waals surface area contributed by atoms with Gasteiger partial charge in [-0.1, -0.05) is 34.1 Å². The molecule has 0 aromatic heterocycles. The summed E-state index contributed by atoms with van der Waals surface area (Å²) >= 11 is 0. The van der Waals surface area contributed by atoms with Gasteiger partial charge in [-0.25, -0.2) is 0 Å². The highest BCUT2D eigenvalue weighted by Gasteiger charge is 2.64. The fourth-order valence-electron chi connectivity index (χ4n) is 4.13. The molecule has 2 rings (SSSR count). The average molecular weight is 209 g/mol. The first kappa shape index (κ1) is 11.4. The van der Waals surface area contributed by atoms with E-state index in [-0.39, 0.29) is 0 Å². The van der Waals surface area contributed by atoms with Crippen LogP contribution >= 0.6 is 0 Å². The van der Waals surface area contributed by atoms with Crippen molar-refractivity contribution < 1.29 is 0 Å². The summed E-state index contributed by atoms with van der Waals surface area (Å²) in [6.45, 7) is 10.6. The molecule has 0 aliphatic heterocycles. The summed E-state index contributed by atoms with van der Waals surface area (Å²) in [6.07, 6.45) is 7.00. The molecule has 2 atom stereocenters. The van der Waals surface area contributed by atoms with E-state index in [1.807, 2.05) is 0 Å². The Hall–Kier alpha value is -0.0400. The van der Waals surface area contributed by atoms with Gasteiger partial charge in [0.25, 0.3) is 0 Å². The van der Waals surface area contributed by atoms with Crippen molar-refractivity contribution in [3.63, 3.8) is 0 Å². The molecular formula is C14H27N. The highest BCUT2D eigenvalue weighted by Crippen LogP contribution is 2.70. The summed E-state index contributed by atoms with van der Waals surface area (Å²) in [7, 11) is 0. The minimum absolute atomic E-state index is 0.491. The molecule has 0 saturated heterocycles. The Kier molecular flexibility index (Phi) is 2.46. The van der Waals surface area contributed by atoms with Crippen molar-refractivity contribution in [2.45, 2.75) is 59.8 Å². The fraction of sp³-hybridized carbons (Fsp3) is 1.00. The number of rotatable bonds is 2. The topological polar surface area (TPSA) is 26.0 Å². The van der Waals surface area contributed by atoms with Gasteiger partial charge in [0.15, 0.2) is 0 Å². The molecule has 0 aromatic carbocycles. The Balaban J connectivity index is 2.11. The second kappa shape index (κ2) is 3.23. The molecule has 1 nitrogen and oxygen atoms in total. The Labute approximate surface area is 94.8 Å². The van der Waals surface area contributed by atoms with Crippen molar-refractivity contribution in [3.8, 4) is 0 Å². The van der Waals surface area contributed by atoms with Gasteiger partial charge in [0.2, 0.25) is 0 Å². The van der Waals surface area contributed by atoms with E-state index in [0.29, 0.717) is 16.2 Å². The van der Waals surface area contributed by atoms with Crippen LogP contribution in [-0.2, 0) is 0 Å². The molecular weight excluding hydrogens is 182 g/mol. The predicted octanol–water partition coefficient (Wildman–Crippen LogP) is 3.58. The van der Waals surface area contributed by atoms with Gasteiger partial charge < -0.3 is 5.73 Å². The maximum absolute atomic E-state index is 6.06. The fourth-order valence-corrected chi connectivity index (χ4v) is 4.13. The maximum atomic E-state index is 6.06. The first-order valence-corrected chi connectivity index (χ1v) is 6.53. The first-order valence-electron chi connectivity index (χ1n) is 6.53. The highest BCUT2D eigenvalue weighted by molar-refractivity contribution is 5.14. The van der Waals surface area contributed by atoms with Crippen LogP contribution in [0, 0.1) is 22.2 Å². The zero-order valence-electron chi connectivity index (χ0n) is 10.9. The summed E-state index contributed by atoms with van der Waals surface area (Å²) in [5.41, 5.74) is 7.63. The molecule has 0 aromatic rings. The van der Waals surface area contributed by atoms with Crippen molar-refractivity contribution in [3.05, 3.63) is 0 Å². The van der Waals surface area contributed by atoms with Gasteiger partial charge in [-0.05, 0) is 54.4 Å². The monoisotopic (exact) mass is 209 g/mol. The van der Waals surface area contributed by atoms with Crippen LogP contribution in [0.25, 0.3) is 0 Å². The van der Waals surface area contributed by atoms with Crippen LogP contribution in [0.2, 0.25) is 0 Å². The van der Waals surface area contributed by atoms with Crippen LogP contribution in [0.5, 0.6) is 0 Å². The molecule has 2 unspecified atom stereocenters. The van der Waals surface area contributed by atoms with Crippen molar-refractivity contribution in [2.24, 2.45) is 27.9 Å². The largest absolute Gasteiger partial charge is 0.330 e. The molecule has 2 fully saturated rings. The molecule has 0 radical (unpaired) electrons.